The molecule has 1 aromatic heterocycles. The van der Waals surface area contributed by atoms with Gasteiger partial charge >= 0.3 is 0 Å². The van der Waals surface area contributed by atoms with Gasteiger partial charge in [0.1, 0.15) is 5.52 Å². The third-order valence-electron chi connectivity index (χ3n) is 1.70. The summed E-state index contributed by atoms with van der Waals surface area (Å²) in [4.78, 5) is 16.2. The van der Waals surface area contributed by atoms with Gasteiger partial charge in [-0.25, -0.2) is 4.98 Å². The number of rotatable bonds is 2. The van der Waals surface area contributed by atoms with Gasteiger partial charge in [-0.2, -0.15) is 0 Å². The van der Waals surface area contributed by atoms with Gasteiger partial charge in [-0.05, 0) is 16.7 Å². The predicted octanol–water partition coefficient (Wildman–Crippen LogP) is 2.68. The Hall–Kier alpha value is -2.60. The first kappa shape index (κ1) is 8.97. The zero-order valence-electron chi connectivity index (χ0n) is 7.19. The molecular weight excluding hydrogens is 202 g/mol. The highest BCUT2D eigenvalue weighted by molar-refractivity contribution is 5.76. The van der Waals surface area contributed by atoms with E-state index in [0.717, 1.165) is 0 Å². The summed E-state index contributed by atoms with van der Waals surface area (Å²) >= 11 is 0. The Morgan fingerprint density at radius 1 is 1.60 bits per heavy atom. The summed E-state index contributed by atoms with van der Waals surface area (Å²) in [5.74, 6) is 0. The number of hydrogen-bond donors (Lipinski definition) is 0. The summed E-state index contributed by atoms with van der Waals surface area (Å²) in [6.45, 7) is 0. The Balaban J connectivity index is 2.61. The molecule has 0 aliphatic heterocycles. The van der Waals surface area contributed by atoms with Gasteiger partial charge in [0.2, 0.25) is 0 Å². The Kier molecular flexibility index (Phi) is 1.96. The van der Waals surface area contributed by atoms with Gasteiger partial charge in [0.15, 0.2) is 5.58 Å². The quantitative estimate of drug-likeness (QED) is 0.246. The molecule has 0 amide bonds. The third kappa shape index (κ3) is 1.56. The maximum absolute atomic E-state index is 10.4. The molecule has 0 radical (unpaired) electrons. The molecule has 8 heteroatoms. The van der Waals surface area contributed by atoms with E-state index in [2.05, 4.69) is 15.0 Å². The average molecular weight is 205 g/mol. The molecule has 1 aromatic carbocycles. The minimum Gasteiger partial charge on any atom is -0.434 e. The summed E-state index contributed by atoms with van der Waals surface area (Å²) < 4.78 is 4.96. The largest absolute Gasteiger partial charge is 0.434 e. The van der Waals surface area contributed by atoms with Crippen molar-refractivity contribution < 1.29 is 9.34 Å². The van der Waals surface area contributed by atoms with E-state index in [1.54, 1.807) is 0 Å². The fraction of sp³-hybridized carbons (Fsp3) is 0. The third-order valence-corrected chi connectivity index (χ3v) is 1.70. The maximum Gasteiger partial charge on any atom is 0.284 e. The van der Waals surface area contributed by atoms with Crippen LogP contribution in [0.25, 0.3) is 21.5 Å². The number of nitrogens with zero attached hydrogens (tertiary/aromatic N) is 5. The number of oxazole rings is 1. The standard InChI is InChI=1S/C7H3N5O3/c8-11-10-7-9-5-2-1-4(12(13)14)3-6(5)15-7/h1-3H. The summed E-state index contributed by atoms with van der Waals surface area (Å²) in [5, 5.41) is 13.6. The van der Waals surface area contributed by atoms with Gasteiger partial charge in [0.05, 0.1) is 11.0 Å². The molecule has 0 aliphatic carbocycles. The van der Waals surface area contributed by atoms with Crippen molar-refractivity contribution in [2.24, 2.45) is 5.11 Å². The first-order valence-electron chi connectivity index (χ1n) is 3.81. The van der Waals surface area contributed by atoms with E-state index in [9.17, 15) is 10.1 Å². The molecule has 0 N–H and O–H groups in total. The molecule has 0 spiro atoms. The van der Waals surface area contributed by atoms with Crippen molar-refractivity contribution in [3.05, 3.63) is 38.8 Å². The van der Waals surface area contributed by atoms with Gasteiger partial charge in [-0.3, -0.25) is 10.1 Å². The second-order valence-electron chi connectivity index (χ2n) is 2.60. The number of non-ortho nitro benzene ring substituents is 1. The van der Waals surface area contributed by atoms with Crippen LogP contribution < -0.4 is 0 Å². The summed E-state index contributed by atoms with van der Waals surface area (Å²) in [5.41, 5.74) is 8.65. The molecule has 2 rings (SSSR count). The van der Waals surface area contributed by atoms with Crippen LogP contribution in [-0.4, -0.2) is 9.91 Å². The molecule has 0 saturated carbocycles. The van der Waals surface area contributed by atoms with Crippen LogP contribution in [0.4, 0.5) is 11.7 Å². The second-order valence-corrected chi connectivity index (χ2v) is 2.60. The normalized spacial score (nSPS) is 9.87. The number of nitro benzene ring substituents is 1. The first-order chi connectivity index (χ1) is 7.20. The van der Waals surface area contributed by atoms with Crippen LogP contribution in [0, 0.1) is 10.1 Å². The number of aromatic nitrogens is 1. The van der Waals surface area contributed by atoms with Crippen molar-refractivity contribution in [3.8, 4) is 0 Å². The van der Waals surface area contributed by atoms with E-state index in [0.29, 0.717) is 5.52 Å². The zero-order chi connectivity index (χ0) is 10.8. The summed E-state index contributed by atoms with van der Waals surface area (Å²) in [6.07, 6.45) is 0. The van der Waals surface area contributed by atoms with Gasteiger partial charge in [0, 0.05) is 11.0 Å². The van der Waals surface area contributed by atoms with Crippen molar-refractivity contribution >= 4 is 22.8 Å². The second kappa shape index (κ2) is 3.28. The molecule has 0 saturated heterocycles. The Morgan fingerprint density at radius 3 is 3.07 bits per heavy atom. The number of hydrogen-bond acceptors (Lipinski definition) is 5. The van der Waals surface area contributed by atoms with E-state index < -0.39 is 4.92 Å². The van der Waals surface area contributed by atoms with Gasteiger partial charge < -0.3 is 4.42 Å². The maximum atomic E-state index is 10.4. The van der Waals surface area contributed by atoms with Crippen molar-refractivity contribution in [2.45, 2.75) is 0 Å². The SMILES string of the molecule is [N-]=[N+]=Nc1nc2ccc([N+](=O)[O-])cc2o1. The topological polar surface area (TPSA) is 118 Å². The highest BCUT2D eigenvalue weighted by Gasteiger charge is 2.10. The highest BCUT2D eigenvalue weighted by atomic mass is 16.6. The zero-order valence-corrected chi connectivity index (χ0v) is 7.19. The van der Waals surface area contributed by atoms with Crippen LogP contribution in [0.2, 0.25) is 0 Å². The number of benzene rings is 1. The fourth-order valence-corrected chi connectivity index (χ4v) is 1.10. The Bertz CT molecular complexity index is 583. The molecule has 0 unspecified atom stereocenters. The van der Waals surface area contributed by atoms with Crippen molar-refractivity contribution in [2.75, 3.05) is 0 Å². The molecule has 0 atom stereocenters. The fourth-order valence-electron chi connectivity index (χ4n) is 1.10. The lowest BCUT2D eigenvalue weighted by atomic mass is 10.3. The summed E-state index contributed by atoms with van der Waals surface area (Å²) in [7, 11) is 0. The summed E-state index contributed by atoms with van der Waals surface area (Å²) in [6, 6.07) is 3.78. The smallest absolute Gasteiger partial charge is 0.284 e. The lowest BCUT2D eigenvalue weighted by Crippen LogP contribution is -1.86. The molecule has 0 bridgehead atoms. The van der Waals surface area contributed by atoms with Crippen LogP contribution in [-0.2, 0) is 0 Å². The van der Waals surface area contributed by atoms with Crippen LogP contribution in [0.3, 0.4) is 0 Å². The van der Waals surface area contributed by atoms with Crippen LogP contribution >= 0.6 is 0 Å². The number of nitro groups is 1. The van der Waals surface area contributed by atoms with Gasteiger partial charge in [-0.15, -0.1) is 0 Å². The molecule has 2 aromatic rings. The number of azide groups is 1. The van der Waals surface area contributed by atoms with Gasteiger partial charge in [-0.1, -0.05) is 0 Å². The number of fused-ring (bicyclic) bond motifs is 1. The molecule has 0 aliphatic rings. The van der Waals surface area contributed by atoms with E-state index in [-0.39, 0.29) is 17.3 Å². The average Bonchev–Trinajstić information content (AvgIpc) is 2.59. The Morgan fingerprint density at radius 2 is 2.40 bits per heavy atom. The van der Waals surface area contributed by atoms with Crippen molar-refractivity contribution in [1.29, 1.82) is 0 Å². The van der Waals surface area contributed by atoms with E-state index in [1.165, 1.54) is 18.2 Å². The molecule has 8 nitrogen and oxygen atoms in total. The molecule has 74 valence electrons. The van der Waals surface area contributed by atoms with Crippen LogP contribution in [0.1, 0.15) is 0 Å². The highest BCUT2D eigenvalue weighted by Crippen LogP contribution is 2.24. The Labute approximate surface area is 81.9 Å². The molecule has 15 heavy (non-hydrogen) atoms. The van der Waals surface area contributed by atoms with E-state index >= 15 is 0 Å². The first-order valence-corrected chi connectivity index (χ1v) is 3.81. The predicted molar refractivity (Wildman–Crippen MR) is 49.5 cm³/mol. The van der Waals surface area contributed by atoms with Crippen molar-refractivity contribution in [3.63, 3.8) is 0 Å². The molecular formula is C7H3N5O3. The van der Waals surface area contributed by atoms with E-state index in [4.69, 9.17) is 9.95 Å². The minimum atomic E-state index is -0.546. The van der Waals surface area contributed by atoms with Crippen LogP contribution in [0.5, 0.6) is 0 Å². The molecule has 1 heterocycles. The van der Waals surface area contributed by atoms with Crippen molar-refractivity contribution in [1.82, 2.24) is 4.98 Å². The lowest BCUT2D eigenvalue weighted by molar-refractivity contribution is -0.384. The van der Waals surface area contributed by atoms with E-state index in [1.807, 2.05) is 0 Å². The van der Waals surface area contributed by atoms with Gasteiger partial charge in [0.25, 0.3) is 11.7 Å². The molecule has 0 fully saturated rings. The lowest BCUT2D eigenvalue weighted by Gasteiger charge is -1.88. The monoisotopic (exact) mass is 205 g/mol. The minimum absolute atomic E-state index is 0.105. The van der Waals surface area contributed by atoms with Crippen LogP contribution in [0.15, 0.2) is 27.7 Å².